The van der Waals surface area contributed by atoms with Crippen LogP contribution in [-0.2, 0) is 11.3 Å². The van der Waals surface area contributed by atoms with Gasteiger partial charge in [0.2, 0.25) is 0 Å². The molecular weight excluding hydrogens is 244 g/mol. The zero-order chi connectivity index (χ0) is 14.6. The molecule has 106 valence electrons. The Kier molecular flexibility index (Phi) is 5.32. The first kappa shape index (κ1) is 15.5. The Bertz CT molecular complexity index is 458. The summed E-state index contributed by atoms with van der Waals surface area (Å²) in [5.41, 5.74) is 8.41. The van der Waals surface area contributed by atoms with E-state index in [-0.39, 0.29) is 12.2 Å². The van der Waals surface area contributed by atoms with Gasteiger partial charge in [0.25, 0.3) is 0 Å². The van der Waals surface area contributed by atoms with E-state index in [1.54, 1.807) is 6.07 Å². The number of carboxylic acids is 1. The van der Waals surface area contributed by atoms with Crippen molar-refractivity contribution < 1.29 is 15.0 Å². The number of carboxylic acid groups (broad SMARTS) is 1. The van der Waals surface area contributed by atoms with Crippen LogP contribution in [0.25, 0.3) is 0 Å². The summed E-state index contributed by atoms with van der Waals surface area (Å²) >= 11 is 0. The van der Waals surface area contributed by atoms with Crippen molar-refractivity contribution in [3.05, 3.63) is 28.8 Å². The van der Waals surface area contributed by atoms with E-state index in [0.29, 0.717) is 18.5 Å². The normalized spacial score (nSPS) is 12.7. The maximum absolute atomic E-state index is 10.6. The highest BCUT2D eigenvalue weighted by molar-refractivity contribution is 5.66. The molecule has 0 aliphatic rings. The fraction of sp³-hybridized carbons (Fsp3) is 0.500. The lowest BCUT2D eigenvalue weighted by Crippen LogP contribution is -2.16. The van der Waals surface area contributed by atoms with E-state index in [1.165, 1.54) is 0 Å². The topological polar surface area (TPSA) is 86.8 Å². The van der Waals surface area contributed by atoms with E-state index in [0.717, 1.165) is 11.1 Å². The first-order valence-electron chi connectivity index (χ1n) is 6.26. The third-order valence-electron chi connectivity index (χ3n) is 3.09. The molecule has 1 unspecified atom stereocenters. The molecule has 5 heteroatoms. The fourth-order valence-corrected chi connectivity index (χ4v) is 2.00. The summed E-state index contributed by atoms with van der Waals surface area (Å²) in [7, 11) is 3.85. The summed E-state index contributed by atoms with van der Waals surface area (Å²) in [6.45, 7) is 2.56. The Morgan fingerprint density at radius 1 is 1.42 bits per heavy atom. The number of rotatable bonds is 6. The van der Waals surface area contributed by atoms with Crippen LogP contribution in [0.15, 0.2) is 12.1 Å². The van der Waals surface area contributed by atoms with Gasteiger partial charge in [0.05, 0.1) is 0 Å². The van der Waals surface area contributed by atoms with Crippen molar-refractivity contribution in [2.24, 2.45) is 5.73 Å². The molecule has 19 heavy (non-hydrogen) atoms. The van der Waals surface area contributed by atoms with E-state index in [1.807, 2.05) is 32.0 Å². The quantitative estimate of drug-likeness (QED) is 0.728. The van der Waals surface area contributed by atoms with Gasteiger partial charge in [0, 0.05) is 30.1 Å². The smallest absolute Gasteiger partial charge is 0.303 e. The van der Waals surface area contributed by atoms with Gasteiger partial charge >= 0.3 is 5.97 Å². The molecule has 0 radical (unpaired) electrons. The van der Waals surface area contributed by atoms with Crippen molar-refractivity contribution in [1.82, 2.24) is 4.90 Å². The van der Waals surface area contributed by atoms with Gasteiger partial charge in [-0.1, -0.05) is 12.1 Å². The number of aryl methyl sites for hydroxylation is 1. The molecule has 1 rings (SSSR count). The molecule has 0 fully saturated rings. The predicted molar refractivity (Wildman–Crippen MR) is 74.0 cm³/mol. The van der Waals surface area contributed by atoms with Gasteiger partial charge in [0.15, 0.2) is 0 Å². The SMILES string of the molecule is Cc1ccc(C(N)CCC(=O)O)c(O)c1CN(C)C. The predicted octanol–water partition coefficient (Wildman–Crippen LogP) is 1.63. The standard InChI is InChI=1S/C14H22N2O3/c1-9-4-5-10(12(15)6-7-13(17)18)14(19)11(9)8-16(2)3/h4-5,12,19H,6-8,15H2,1-3H3,(H,17,18). The summed E-state index contributed by atoms with van der Waals surface area (Å²) in [4.78, 5) is 12.5. The molecule has 0 saturated heterocycles. The van der Waals surface area contributed by atoms with Crippen molar-refractivity contribution >= 4 is 5.97 Å². The Morgan fingerprint density at radius 2 is 2.05 bits per heavy atom. The first-order chi connectivity index (χ1) is 8.82. The number of aliphatic carboxylic acids is 1. The van der Waals surface area contributed by atoms with Gasteiger partial charge < -0.3 is 20.8 Å². The maximum Gasteiger partial charge on any atom is 0.303 e. The number of hydrogen-bond donors (Lipinski definition) is 3. The summed E-state index contributed by atoms with van der Waals surface area (Å²) in [6, 6.07) is 3.22. The van der Waals surface area contributed by atoms with Crippen LogP contribution in [0.1, 0.15) is 35.6 Å². The first-order valence-corrected chi connectivity index (χ1v) is 6.26. The van der Waals surface area contributed by atoms with Crippen molar-refractivity contribution in [2.45, 2.75) is 32.4 Å². The minimum absolute atomic E-state index is 0.00248. The molecule has 1 atom stereocenters. The largest absolute Gasteiger partial charge is 0.507 e. The van der Waals surface area contributed by atoms with Crippen molar-refractivity contribution in [3.63, 3.8) is 0 Å². The van der Waals surface area contributed by atoms with E-state index in [2.05, 4.69) is 0 Å². The highest BCUT2D eigenvalue weighted by atomic mass is 16.4. The number of hydrogen-bond acceptors (Lipinski definition) is 4. The maximum atomic E-state index is 10.6. The molecule has 1 aromatic rings. The Balaban J connectivity index is 2.99. The summed E-state index contributed by atoms with van der Waals surface area (Å²) < 4.78 is 0. The van der Waals surface area contributed by atoms with E-state index >= 15 is 0 Å². The third kappa shape index (κ3) is 4.22. The van der Waals surface area contributed by atoms with Crippen LogP contribution in [0.4, 0.5) is 0 Å². The second-order valence-electron chi connectivity index (χ2n) is 5.08. The lowest BCUT2D eigenvalue weighted by atomic mass is 9.96. The average Bonchev–Trinajstić information content (AvgIpc) is 2.31. The average molecular weight is 266 g/mol. The zero-order valence-electron chi connectivity index (χ0n) is 11.7. The summed E-state index contributed by atoms with van der Waals surface area (Å²) in [5.74, 6) is -0.692. The van der Waals surface area contributed by atoms with Crippen LogP contribution in [0.2, 0.25) is 0 Å². The van der Waals surface area contributed by atoms with E-state index in [4.69, 9.17) is 10.8 Å². The van der Waals surface area contributed by atoms with Crippen LogP contribution in [0.5, 0.6) is 5.75 Å². The monoisotopic (exact) mass is 266 g/mol. The van der Waals surface area contributed by atoms with Gasteiger partial charge in [0.1, 0.15) is 5.75 Å². The lowest BCUT2D eigenvalue weighted by molar-refractivity contribution is -0.137. The summed E-state index contributed by atoms with van der Waals surface area (Å²) in [5, 5.41) is 19.0. The van der Waals surface area contributed by atoms with Gasteiger partial charge in [-0.05, 0) is 33.0 Å². The van der Waals surface area contributed by atoms with Gasteiger partial charge in [-0.3, -0.25) is 4.79 Å². The number of nitrogens with zero attached hydrogens (tertiary/aromatic N) is 1. The van der Waals surface area contributed by atoms with E-state index in [9.17, 15) is 9.90 Å². The molecule has 0 amide bonds. The molecule has 5 nitrogen and oxygen atoms in total. The van der Waals surface area contributed by atoms with Crippen LogP contribution >= 0.6 is 0 Å². The number of carbonyl (C=O) groups is 1. The molecule has 0 heterocycles. The molecule has 1 aromatic carbocycles. The number of nitrogens with two attached hydrogens (primary N) is 1. The number of benzene rings is 1. The number of phenolic OH excluding ortho intramolecular Hbond substituents is 1. The second kappa shape index (κ2) is 6.54. The molecule has 0 aliphatic heterocycles. The van der Waals surface area contributed by atoms with E-state index < -0.39 is 12.0 Å². The molecule has 0 bridgehead atoms. The molecule has 0 spiro atoms. The second-order valence-corrected chi connectivity index (χ2v) is 5.08. The number of phenols is 1. The zero-order valence-corrected chi connectivity index (χ0v) is 11.7. The Hall–Kier alpha value is -1.59. The van der Waals surface area contributed by atoms with Crippen LogP contribution in [-0.4, -0.2) is 35.2 Å². The van der Waals surface area contributed by atoms with Gasteiger partial charge in [-0.25, -0.2) is 0 Å². The molecule has 0 aliphatic carbocycles. The Morgan fingerprint density at radius 3 is 2.58 bits per heavy atom. The summed E-state index contributed by atoms with van der Waals surface area (Å²) in [6.07, 6.45) is 0.310. The highest BCUT2D eigenvalue weighted by Gasteiger charge is 2.17. The van der Waals surface area contributed by atoms with Crippen LogP contribution in [0, 0.1) is 6.92 Å². The highest BCUT2D eigenvalue weighted by Crippen LogP contribution is 2.31. The van der Waals surface area contributed by atoms with Crippen LogP contribution in [0.3, 0.4) is 0 Å². The molecular formula is C14H22N2O3. The van der Waals surface area contributed by atoms with Crippen molar-refractivity contribution in [1.29, 1.82) is 0 Å². The molecule has 0 saturated carbocycles. The molecule has 0 aromatic heterocycles. The van der Waals surface area contributed by atoms with Crippen molar-refractivity contribution in [3.8, 4) is 5.75 Å². The van der Waals surface area contributed by atoms with Crippen molar-refractivity contribution in [2.75, 3.05) is 14.1 Å². The Labute approximate surface area is 113 Å². The third-order valence-corrected chi connectivity index (χ3v) is 3.09. The molecule has 4 N–H and O–H groups in total. The van der Waals surface area contributed by atoms with Gasteiger partial charge in [-0.2, -0.15) is 0 Å². The van der Waals surface area contributed by atoms with Gasteiger partial charge in [-0.15, -0.1) is 0 Å². The minimum atomic E-state index is -0.879. The lowest BCUT2D eigenvalue weighted by Gasteiger charge is -2.19. The fourth-order valence-electron chi connectivity index (χ4n) is 2.00. The minimum Gasteiger partial charge on any atom is -0.507 e. The number of aromatic hydroxyl groups is 1. The van der Waals surface area contributed by atoms with Crippen LogP contribution < -0.4 is 5.73 Å².